The molecule has 8 heteroatoms. The number of carbonyl (C=O) groups excluding carboxylic acids is 2. The summed E-state index contributed by atoms with van der Waals surface area (Å²) in [5.41, 5.74) is 1.89. The maximum Gasteiger partial charge on any atom is 0.306 e. The summed E-state index contributed by atoms with van der Waals surface area (Å²) < 4.78 is 5.27. The van der Waals surface area contributed by atoms with E-state index in [1.165, 1.54) is 6.08 Å². The van der Waals surface area contributed by atoms with E-state index in [1.54, 1.807) is 0 Å². The maximum atomic E-state index is 12.4. The lowest BCUT2D eigenvalue weighted by molar-refractivity contribution is -0.144. The van der Waals surface area contributed by atoms with Crippen molar-refractivity contribution >= 4 is 17.5 Å². The Labute approximate surface area is 163 Å². The van der Waals surface area contributed by atoms with Crippen LogP contribution in [0.1, 0.15) is 19.8 Å². The molecule has 4 heterocycles. The molecule has 6 aliphatic rings. The van der Waals surface area contributed by atoms with Crippen LogP contribution in [0.25, 0.3) is 0 Å². The Morgan fingerprint density at radius 2 is 1.54 bits per heavy atom. The quantitative estimate of drug-likeness (QED) is 0.535. The number of ketones is 2. The van der Waals surface area contributed by atoms with Crippen molar-refractivity contribution < 1.29 is 24.2 Å². The molecular formula is C20H25N3O5. The Hall–Kier alpha value is -2.35. The van der Waals surface area contributed by atoms with Crippen molar-refractivity contribution in [1.82, 2.24) is 14.7 Å². The van der Waals surface area contributed by atoms with Crippen molar-refractivity contribution in [3.8, 4) is 0 Å². The van der Waals surface area contributed by atoms with Crippen LogP contribution >= 0.6 is 0 Å². The highest BCUT2D eigenvalue weighted by atomic mass is 16.6. The summed E-state index contributed by atoms with van der Waals surface area (Å²) in [5.74, 6) is -0.492. The van der Waals surface area contributed by atoms with Crippen LogP contribution in [-0.4, -0.2) is 88.8 Å². The fourth-order valence-corrected chi connectivity index (χ4v) is 4.23. The van der Waals surface area contributed by atoms with E-state index in [0.717, 1.165) is 52.1 Å². The topological polar surface area (TPSA) is 93.0 Å². The number of nitrogens with zero attached hydrogens (tertiary/aromatic N) is 3. The van der Waals surface area contributed by atoms with E-state index in [1.807, 2.05) is 21.6 Å². The number of ether oxygens (including phenoxy) is 1. The van der Waals surface area contributed by atoms with Crippen molar-refractivity contribution in [2.45, 2.75) is 32.0 Å². The second-order valence-electron chi connectivity index (χ2n) is 8.49. The Balaban J connectivity index is 0.000000135. The van der Waals surface area contributed by atoms with Gasteiger partial charge in [0, 0.05) is 45.3 Å². The number of fused-ring (bicyclic) bond motifs is 1. The van der Waals surface area contributed by atoms with E-state index in [2.05, 4.69) is 0 Å². The number of carbonyl (C=O) groups is 3. The van der Waals surface area contributed by atoms with Crippen LogP contribution in [0.3, 0.4) is 0 Å². The second kappa shape index (κ2) is 6.34. The minimum atomic E-state index is -0.661. The SMILES string of the molecule is CC1CC2OC2CC1C(=O)O.O=C1C=C(N2CC2)C(=O)C(N2CC2)=C1N1CC1. The summed E-state index contributed by atoms with van der Waals surface area (Å²) in [5, 5.41) is 8.79. The fraction of sp³-hybridized carbons (Fsp3) is 0.650. The molecule has 0 aromatic carbocycles. The molecule has 4 atom stereocenters. The summed E-state index contributed by atoms with van der Waals surface area (Å²) >= 11 is 0. The third-order valence-electron chi connectivity index (χ3n) is 6.27. The molecule has 8 nitrogen and oxygen atoms in total. The van der Waals surface area contributed by atoms with Crippen molar-refractivity contribution in [2.24, 2.45) is 11.8 Å². The average Bonchev–Trinajstić information content (AvgIpc) is 3.50. The van der Waals surface area contributed by atoms with E-state index in [-0.39, 0.29) is 29.5 Å². The molecular weight excluding hydrogens is 362 g/mol. The molecule has 0 aromatic rings. The van der Waals surface area contributed by atoms with Crippen LogP contribution < -0.4 is 0 Å². The number of rotatable bonds is 4. The van der Waals surface area contributed by atoms with Gasteiger partial charge in [0.15, 0.2) is 0 Å². The third-order valence-corrected chi connectivity index (χ3v) is 6.27. The Bertz CT molecular complexity index is 807. The number of aliphatic carboxylic acids is 1. The number of carboxylic acid groups (broad SMARTS) is 1. The molecule has 0 aromatic heterocycles. The first kappa shape index (κ1) is 17.7. The number of allylic oxidation sites excluding steroid dienone is 1. The van der Waals surface area contributed by atoms with Crippen molar-refractivity contribution in [2.75, 3.05) is 39.3 Å². The molecule has 0 bridgehead atoms. The van der Waals surface area contributed by atoms with Gasteiger partial charge in [-0.1, -0.05) is 6.92 Å². The van der Waals surface area contributed by atoms with Crippen molar-refractivity contribution in [3.05, 3.63) is 23.2 Å². The normalized spacial score (nSPS) is 35.0. The van der Waals surface area contributed by atoms with Gasteiger partial charge in [-0.25, -0.2) is 0 Å². The lowest BCUT2D eigenvalue weighted by atomic mass is 9.81. The van der Waals surface area contributed by atoms with Gasteiger partial charge in [-0.15, -0.1) is 0 Å². The largest absolute Gasteiger partial charge is 0.481 e. The highest BCUT2D eigenvalue weighted by Gasteiger charge is 2.49. The van der Waals surface area contributed by atoms with E-state index < -0.39 is 5.97 Å². The second-order valence-corrected chi connectivity index (χ2v) is 8.49. The van der Waals surface area contributed by atoms with Crippen LogP contribution in [0.15, 0.2) is 23.2 Å². The molecule has 5 fully saturated rings. The predicted octanol–water partition coefficient (Wildman–Crippen LogP) is 0.0650. The van der Waals surface area contributed by atoms with Crippen LogP contribution in [0.2, 0.25) is 0 Å². The number of hydrogen-bond donors (Lipinski definition) is 1. The number of hydrogen-bond acceptors (Lipinski definition) is 7. The van der Waals surface area contributed by atoms with E-state index in [9.17, 15) is 14.4 Å². The van der Waals surface area contributed by atoms with Gasteiger partial charge < -0.3 is 24.5 Å². The first-order chi connectivity index (χ1) is 13.4. The highest BCUT2D eigenvalue weighted by Crippen LogP contribution is 2.42. The molecule has 1 N–H and O–H groups in total. The third kappa shape index (κ3) is 3.30. The Morgan fingerprint density at radius 3 is 2.11 bits per heavy atom. The van der Waals surface area contributed by atoms with Crippen LogP contribution in [0.5, 0.6) is 0 Å². The smallest absolute Gasteiger partial charge is 0.306 e. The summed E-state index contributed by atoms with van der Waals surface area (Å²) in [6.07, 6.45) is 3.84. The summed E-state index contributed by atoms with van der Waals surface area (Å²) in [6, 6.07) is 0. The first-order valence-electron chi connectivity index (χ1n) is 10.1. The fourth-order valence-electron chi connectivity index (χ4n) is 4.23. The van der Waals surface area contributed by atoms with Gasteiger partial charge in [0.05, 0.1) is 23.8 Å². The lowest BCUT2D eigenvalue weighted by Crippen LogP contribution is -2.29. The number of Topliss-reactive ketones (excluding diaryl/α,β-unsaturated/α-hetero) is 1. The molecule has 6 rings (SSSR count). The van der Waals surface area contributed by atoms with Gasteiger partial charge in [-0.3, -0.25) is 14.4 Å². The molecule has 4 aliphatic heterocycles. The van der Waals surface area contributed by atoms with E-state index >= 15 is 0 Å². The van der Waals surface area contributed by atoms with Gasteiger partial charge in [-0.05, 0) is 18.8 Å². The van der Waals surface area contributed by atoms with Gasteiger partial charge >= 0.3 is 5.97 Å². The predicted molar refractivity (Wildman–Crippen MR) is 98.0 cm³/mol. The van der Waals surface area contributed by atoms with Crippen molar-refractivity contribution in [1.29, 1.82) is 0 Å². The Morgan fingerprint density at radius 1 is 0.964 bits per heavy atom. The number of epoxide rings is 1. The highest BCUT2D eigenvalue weighted by molar-refractivity contribution is 6.22. The lowest BCUT2D eigenvalue weighted by Gasteiger charge is -2.21. The van der Waals surface area contributed by atoms with Crippen LogP contribution in [0, 0.1) is 11.8 Å². The summed E-state index contributed by atoms with van der Waals surface area (Å²) in [7, 11) is 0. The summed E-state index contributed by atoms with van der Waals surface area (Å²) in [4.78, 5) is 41.1. The standard InChI is InChI=1S/C12H13N3O2.C8H12O3/c16-9-7-8(13-1-2-13)12(17)11(15-5-6-15)10(9)14-3-4-14;1-4-2-6-7(11-6)3-5(4)8(9)10/h7H,1-6H2;4-7H,2-3H2,1H3,(H,9,10). The molecule has 2 aliphatic carbocycles. The first-order valence-corrected chi connectivity index (χ1v) is 10.1. The minimum absolute atomic E-state index is 0.00546. The summed E-state index contributed by atoms with van der Waals surface area (Å²) in [6.45, 7) is 7.40. The van der Waals surface area contributed by atoms with Gasteiger partial charge in [0.2, 0.25) is 11.6 Å². The van der Waals surface area contributed by atoms with E-state index in [4.69, 9.17) is 9.84 Å². The van der Waals surface area contributed by atoms with E-state index in [0.29, 0.717) is 23.2 Å². The molecule has 28 heavy (non-hydrogen) atoms. The van der Waals surface area contributed by atoms with Crippen molar-refractivity contribution in [3.63, 3.8) is 0 Å². The van der Waals surface area contributed by atoms with Crippen LogP contribution in [-0.2, 0) is 19.1 Å². The monoisotopic (exact) mass is 387 g/mol. The Kier molecular flexibility index (Phi) is 4.01. The minimum Gasteiger partial charge on any atom is -0.481 e. The zero-order valence-corrected chi connectivity index (χ0v) is 16.0. The van der Waals surface area contributed by atoms with Gasteiger partial charge in [0.1, 0.15) is 11.4 Å². The molecule has 150 valence electrons. The molecule has 0 radical (unpaired) electrons. The zero-order valence-electron chi connectivity index (χ0n) is 16.0. The van der Waals surface area contributed by atoms with Gasteiger partial charge in [-0.2, -0.15) is 0 Å². The molecule has 0 amide bonds. The van der Waals surface area contributed by atoms with Gasteiger partial charge in [0.25, 0.3) is 0 Å². The molecule has 4 saturated heterocycles. The average molecular weight is 387 g/mol. The maximum absolute atomic E-state index is 12.4. The molecule has 4 unspecified atom stereocenters. The zero-order chi connectivity index (χ0) is 19.6. The molecule has 1 saturated carbocycles. The molecule has 0 spiro atoms. The number of carboxylic acids is 1. The van der Waals surface area contributed by atoms with Crippen LogP contribution in [0.4, 0.5) is 0 Å².